The number of hydrogen-bond acceptors (Lipinski definition) is 3. The maximum atomic E-state index is 12.2. The van der Waals surface area contributed by atoms with Crippen molar-refractivity contribution < 1.29 is 14.7 Å². The van der Waals surface area contributed by atoms with Gasteiger partial charge in [0.25, 0.3) is 0 Å². The van der Waals surface area contributed by atoms with Gasteiger partial charge in [0.15, 0.2) is 0 Å². The Morgan fingerprint density at radius 3 is 2.71 bits per heavy atom. The van der Waals surface area contributed by atoms with Crippen LogP contribution in [0.3, 0.4) is 0 Å². The first-order chi connectivity index (χ1) is 10.1. The predicted octanol–water partition coefficient (Wildman–Crippen LogP) is 2.67. The van der Waals surface area contributed by atoms with E-state index in [0.29, 0.717) is 24.9 Å². The van der Waals surface area contributed by atoms with E-state index in [1.807, 2.05) is 30.3 Å². The third kappa shape index (κ3) is 2.86. The molecule has 2 aromatic rings. The van der Waals surface area contributed by atoms with Crippen molar-refractivity contribution in [3.8, 4) is 0 Å². The number of aromatic nitrogens is 1. The molecule has 1 saturated carbocycles. The Morgan fingerprint density at radius 1 is 1.19 bits per heavy atom. The lowest BCUT2D eigenvalue weighted by atomic mass is 10.0. The van der Waals surface area contributed by atoms with E-state index < -0.39 is 11.9 Å². The van der Waals surface area contributed by atoms with Gasteiger partial charge >= 0.3 is 5.97 Å². The SMILES string of the molecule is O=C(O)[C@H]1CC[C@@H](C(=O)Nc2cnc3ccccc3c2)C1. The standard InChI is InChI=1S/C16H16N2O3/c19-15(11-5-6-12(7-11)16(20)21)18-13-8-10-3-1-2-4-14(10)17-9-13/h1-4,8-9,11-12H,5-7H2,(H,18,19)(H,20,21)/t11-,12+/m1/s1. The van der Waals surface area contributed by atoms with E-state index in [4.69, 9.17) is 5.11 Å². The van der Waals surface area contributed by atoms with Gasteiger partial charge < -0.3 is 10.4 Å². The monoisotopic (exact) mass is 284 g/mol. The van der Waals surface area contributed by atoms with Crippen molar-refractivity contribution >= 4 is 28.5 Å². The fourth-order valence-corrected chi connectivity index (χ4v) is 2.83. The Bertz CT molecular complexity index is 699. The number of aliphatic carboxylic acids is 1. The van der Waals surface area contributed by atoms with Crippen LogP contribution in [0.15, 0.2) is 36.5 Å². The van der Waals surface area contributed by atoms with E-state index in [2.05, 4.69) is 10.3 Å². The number of carbonyl (C=O) groups is 2. The quantitative estimate of drug-likeness (QED) is 0.908. The molecular formula is C16H16N2O3. The van der Waals surface area contributed by atoms with Gasteiger partial charge in [-0.25, -0.2) is 0 Å². The summed E-state index contributed by atoms with van der Waals surface area (Å²) in [6, 6.07) is 9.56. The zero-order valence-corrected chi connectivity index (χ0v) is 11.5. The third-order valence-corrected chi connectivity index (χ3v) is 4.01. The summed E-state index contributed by atoms with van der Waals surface area (Å²) in [4.78, 5) is 27.4. The van der Waals surface area contributed by atoms with Crippen molar-refractivity contribution in [2.75, 3.05) is 5.32 Å². The molecular weight excluding hydrogens is 268 g/mol. The molecule has 0 aliphatic heterocycles. The number of para-hydroxylation sites is 1. The summed E-state index contributed by atoms with van der Waals surface area (Å²) in [6.45, 7) is 0. The maximum Gasteiger partial charge on any atom is 0.306 e. The Kier molecular flexibility index (Phi) is 3.56. The zero-order valence-electron chi connectivity index (χ0n) is 11.5. The summed E-state index contributed by atoms with van der Waals surface area (Å²) >= 11 is 0. The molecule has 0 saturated heterocycles. The highest BCUT2D eigenvalue weighted by Gasteiger charge is 2.33. The van der Waals surface area contributed by atoms with Gasteiger partial charge in [-0.3, -0.25) is 14.6 Å². The number of nitrogens with zero attached hydrogens (tertiary/aromatic N) is 1. The minimum Gasteiger partial charge on any atom is -0.481 e. The Hall–Kier alpha value is -2.43. The van der Waals surface area contributed by atoms with Gasteiger partial charge in [-0.15, -0.1) is 0 Å². The number of carboxylic acids is 1. The molecule has 21 heavy (non-hydrogen) atoms. The molecule has 1 fully saturated rings. The molecule has 0 radical (unpaired) electrons. The third-order valence-electron chi connectivity index (χ3n) is 4.01. The van der Waals surface area contributed by atoms with Gasteiger partial charge in [-0.2, -0.15) is 0 Å². The number of pyridine rings is 1. The number of hydrogen-bond donors (Lipinski definition) is 2. The van der Waals surface area contributed by atoms with Crippen LogP contribution in [0.5, 0.6) is 0 Å². The van der Waals surface area contributed by atoms with E-state index >= 15 is 0 Å². The molecule has 1 aliphatic rings. The highest BCUT2D eigenvalue weighted by Crippen LogP contribution is 2.32. The predicted molar refractivity (Wildman–Crippen MR) is 78.8 cm³/mol. The molecule has 0 unspecified atom stereocenters. The van der Waals surface area contributed by atoms with E-state index in [1.165, 1.54) is 0 Å². The Balaban J connectivity index is 1.70. The minimum atomic E-state index is -0.808. The number of benzene rings is 1. The van der Waals surface area contributed by atoms with Gasteiger partial charge in [0.1, 0.15) is 0 Å². The second-order valence-electron chi connectivity index (χ2n) is 5.45. The Morgan fingerprint density at radius 2 is 1.95 bits per heavy atom. The summed E-state index contributed by atoms with van der Waals surface area (Å²) < 4.78 is 0. The molecule has 2 atom stereocenters. The van der Waals surface area contributed by atoms with Crippen LogP contribution in [0.4, 0.5) is 5.69 Å². The second-order valence-corrected chi connectivity index (χ2v) is 5.45. The highest BCUT2D eigenvalue weighted by molar-refractivity contribution is 5.95. The van der Waals surface area contributed by atoms with Crippen LogP contribution in [0.25, 0.3) is 10.9 Å². The van der Waals surface area contributed by atoms with Crippen molar-refractivity contribution in [3.05, 3.63) is 36.5 Å². The largest absolute Gasteiger partial charge is 0.481 e. The number of nitrogens with one attached hydrogen (secondary N) is 1. The van der Waals surface area contributed by atoms with Crippen molar-refractivity contribution in [3.63, 3.8) is 0 Å². The summed E-state index contributed by atoms with van der Waals surface area (Å²) in [5.41, 5.74) is 1.53. The van der Waals surface area contributed by atoms with Crippen molar-refractivity contribution in [1.82, 2.24) is 4.98 Å². The fourth-order valence-electron chi connectivity index (χ4n) is 2.83. The fraction of sp³-hybridized carbons (Fsp3) is 0.312. The van der Waals surface area contributed by atoms with E-state index in [0.717, 1.165) is 10.9 Å². The van der Waals surface area contributed by atoms with Gasteiger partial charge in [0.05, 0.1) is 23.3 Å². The molecule has 1 aromatic carbocycles. The van der Waals surface area contributed by atoms with Gasteiger partial charge in [-0.05, 0) is 31.4 Å². The minimum absolute atomic E-state index is 0.115. The van der Waals surface area contributed by atoms with E-state index in [1.54, 1.807) is 6.20 Å². The first-order valence-corrected chi connectivity index (χ1v) is 7.02. The molecule has 2 N–H and O–H groups in total. The van der Waals surface area contributed by atoms with Crippen LogP contribution in [0, 0.1) is 11.8 Å². The van der Waals surface area contributed by atoms with Crippen LogP contribution < -0.4 is 5.32 Å². The molecule has 1 aliphatic carbocycles. The number of carbonyl (C=O) groups excluding carboxylic acids is 1. The number of anilines is 1. The van der Waals surface area contributed by atoms with Gasteiger partial charge in [0.2, 0.25) is 5.91 Å². The molecule has 0 bridgehead atoms. The lowest BCUT2D eigenvalue weighted by molar-refractivity contribution is -0.141. The van der Waals surface area contributed by atoms with Gasteiger partial charge in [-0.1, -0.05) is 18.2 Å². The Labute approximate surface area is 122 Å². The molecule has 3 rings (SSSR count). The summed E-state index contributed by atoms with van der Waals surface area (Å²) in [6.07, 6.45) is 3.25. The zero-order chi connectivity index (χ0) is 14.8. The number of rotatable bonds is 3. The van der Waals surface area contributed by atoms with Crippen LogP contribution in [0.2, 0.25) is 0 Å². The summed E-state index contributed by atoms with van der Waals surface area (Å²) in [7, 11) is 0. The first kappa shape index (κ1) is 13.5. The van der Waals surface area contributed by atoms with E-state index in [9.17, 15) is 9.59 Å². The van der Waals surface area contributed by atoms with Gasteiger partial charge in [0, 0.05) is 11.3 Å². The average molecular weight is 284 g/mol. The average Bonchev–Trinajstić information content (AvgIpc) is 2.97. The molecule has 5 nitrogen and oxygen atoms in total. The van der Waals surface area contributed by atoms with Crippen LogP contribution in [0.1, 0.15) is 19.3 Å². The number of amides is 1. The summed E-state index contributed by atoms with van der Waals surface area (Å²) in [5, 5.41) is 12.8. The van der Waals surface area contributed by atoms with E-state index in [-0.39, 0.29) is 11.8 Å². The molecule has 1 heterocycles. The van der Waals surface area contributed by atoms with Crippen LogP contribution in [-0.4, -0.2) is 22.0 Å². The van der Waals surface area contributed by atoms with Crippen molar-refractivity contribution in [2.45, 2.75) is 19.3 Å². The summed E-state index contributed by atoms with van der Waals surface area (Å²) in [5.74, 6) is -1.54. The van der Waals surface area contributed by atoms with Crippen LogP contribution >= 0.6 is 0 Å². The normalized spacial score (nSPS) is 21.3. The smallest absolute Gasteiger partial charge is 0.306 e. The maximum absolute atomic E-state index is 12.2. The lowest BCUT2D eigenvalue weighted by Crippen LogP contribution is -2.21. The lowest BCUT2D eigenvalue weighted by Gasteiger charge is -2.11. The highest BCUT2D eigenvalue weighted by atomic mass is 16.4. The first-order valence-electron chi connectivity index (χ1n) is 7.02. The molecule has 1 aromatic heterocycles. The molecule has 108 valence electrons. The van der Waals surface area contributed by atoms with Crippen molar-refractivity contribution in [1.29, 1.82) is 0 Å². The van der Waals surface area contributed by atoms with Crippen molar-refractivity contribution in [2.24, 2.45) is 11.8 Å². The van der Waals surface area contributed by atoms with Crippen LogP contribution in [-0.2, 0) is 9.59 Å². The molecule has 0 spiro atoms. The molecule has 1 amide bonds. The number of carboxylic acid groups (broad SMARTS) is 1. The topological polar surface area (TPSA) is 79.3 Å². The number of fused-ring (bicyclic) bond motifs is 1. The second kappa shape index (κ2) is 5.52. The molecule has 5 heteroatoms.